The molecule has 0 saturated heterocycles. The van der Waals surface area contributed by atoms with Gasteiger partial charge < -0.3 is 0 Å². The minimum absolute atomic E-state index is 0.355. The lowest BCUT2D eigenvalue weighted by molar-refractivity contribution is -0.0335. The molecular weight excluding hydrogens is 276 g/mol. The maximum Gasteiger partial charge on any atom is 0.461 e. The number of amides is 1. The summed E-state index contributed by atoms with van der Waals surface area (Å²) in [5.41, 5.74) is -9.37. The zero-order valence-corrected chi connectivity index (χ0v) is 8.35. The number of nitrogens with one attached hydrogen (secondary N) is 1. The molecule has 0 aromatic rings. The highest BCUT2D eigenvalue weighted by Gasteiger charge is 2.33. The third-order valence-electron chi connectivity index (χ3n) is 0.462. The Morgan fingerprint density at radius 3 is 1.86 bits per heavy atom. The lowest BCUT2D eigenvalue weighted by Crippen LogP contribution is -2.16. The molecule has 2 nitrogen and oxygen atoms in total. The van der Waals surface area contributed by atoms with E-state index in [0.717, 1.165) is 0 Å². The van der Waals surface area contributed by atoms with Crippen LogP contribution in [0.5, 0.6) is 0 Å². The van der Waals surface area contributed by atoms with E-state index in [4.69, 9.17) is 0 Å². The average molecular weight is 277 g/mol. The molecule has 0 spiro atoms. The van der Waals surface area contributed by atoms with Crippen LogP contribution in [-0.2, 0) is 0 Å². The van der Waals surface area contributed by atoms with Crippen LogP contribution >= 0.6 is 33.5 Å². The Hall–Kier alpha value is 0.1000. The molecule has 0 aliphatic heterocycles. The van der Waals surface area contributed by atoms with E-state index in [0.29, 0.717) is 0 Å². The summed E-state index contributed by atoms with van der Waals surface area (Å²) in [6.45, 7) is 0. The molecule has 84 valence electrons. The average Bonchev–Trinajstić information content (AvgIpc) is 1.94. The Kier molecular flexibility index (Phi) is 5.30. The van der Waals surface area contributed by atoms with Crippen LogP contribution in [0.1, 0.15) is 0 Å². The van der Waals surface area contributed by atoms with Crippen LogP contribution in [0.25, 0.3) is 0 Å². The fraction of sp³-hybridized carbons (Fsp3) is 0.667. The van der Waals surface area contributed by atoms with Crippen molar-refractivity contribution in [3.8, 4) is 0 Å². The van der Waals surface area contributed by atoms with E-state index in [1.807, 2.05) is 0 Å². The Bertz CT molecular complexity index is 181. The van der Waals surface area contributed by atoms with Crippen molar-refractivity contribution in [1.29, 1.82) is 0 Å². The third-order valence-corrected chi connectivity index (χ3v) is 2.91. The van der Waals surface area contributed by atoms with Gasteiger partial charge in [0.1, 0.15) is 0 Å². The number of rotatable bonds is 2. The molecule has 0 fully saturated rings. The summed E-state index contributed by atoms with van der Waals surface area (Å²) in [6, 6.07) is 0. The number of hydrogen-bond donors (Lipinski definition) is 1. The van der Waals surface area contributed by atoms with E-state index in [-0.39, 0.29) is 10.8 Å². The van der Waals surface area contributed by atoms with Crippen LogP contribution in [0.4, 0.5) is 31.1 Å². The summed E-state index contributed by atoms with van der Waals surface area (Å²) < 4.78 is 69.7. The second-order valence-electron chi connectivity index (χ2n) is 1.55. The zero-order valence-electron chi connectivity index (χ0n) is 5.90. The Labute approximate surface area is 86.1 Å². The van der Waals surface area contributed by atoms with Crippen LogP contribution < -0.4 is 4.72 Å². The largest absolute Gasteiger partial charge is 0.461 e. The Morgan fingerprint density at radius 2 is 1.50 bits per heavy atom. The predicted molar refractivity (Wildman–Crippen MR) is 43.4 cm³/mol. The van der Waals surface area contributed by atoms with Gasteiger partial charge in [-0.1, -0.05) is 0 Å². The topological polar surface area (TPSA) is 29.1 Å². The third kappa shape index (κ3) is 10.2. The van der Waals surface area contributed by atoms with Crippen molar-refractivity contribution >= 4 is 38.8 Å². The van der Waals surface area contributed by atoms with E-state index < -0.39 is 39.0 Å². The molecule has 0 unspecified atom stereocenters. The molecule has 11 heteroatoms. The molecular formula is C3HF6NOS3. The zero-order chi connectivity index (χ0) is 11.4. The maximum absolute atomic E-state index is 11.4. The van der Waals surface area contributed by atoms with Crippen molar-refractivity contribution in [3.63, 3.8) is 0 Å². The van der Waals surface area contributed by atoms with Crippen LogP contribution in [0.3, 0.4) is 0 Å². The molecule has 0 aliphatic rings. The molecule has 0 radical (unpaired) electrons. The van der Waals surface area contributed by atoms with Gasteiger partial charge in [-0.3, -0.25) is 9.52 Å². The van der Waals surface area contributed by atoms with Crippen molar-refractivity contribution in [1.82, 2.24) is 4.72 Å². The quantitative estimate of drug-likeness (QED) is 0.472. The fourth-order valence-electron chi connectivity index (χ4n) is 0.202. The van der Waals surface area contributed by atoms with Crippen LogP contribution in [0.15, 0.2) is 0 Å². The number of hydrogen-bond acceptors (Lipinski definition) is 4. The van der Waals surface area contributed by atoms with E-state index in [1.54, 1.807) is 0 Å². The lowest BCUT2D eigenvalue weighted by atomic mass is 11.5. The molecule has 0 aromatic heterocycles. The van der Waals surface area contributed by atoms with Crippen LogP contribution in [-0.4, -0.2) is 16.3 Å². The highest BCUT2D eigenvalue weighted by Crippen LogP contribution is 2.40. The smallest absolute Gasteiger partial charge is 0.283 e. The summed E-state index contributed by atoms with van der Waals surface area (Å²) in [6.07, 6.45) is 0. The summed E-state index contributed by atoms with van der Waals surface area (Å²) >= 11 is -0.909. The van der Waals surface area contributed by atoms with Crippen molar-refractivity contribution in [3.05, 3.63) is 0 Å². The van der Waals surface area contributed by atoms with Gasteiger partial charge in [0, 0.05) is 21.6 Å². The van der Waals surface area contributed by atoms with Crippen molar-refractivity contribution in [2.75, 3.05) is 0 Å². The molecule has 0 atom stereocenters. The minimum atomic E-state index is -4.71. The van der Waals surface area contributed by atoms with E-state index in [1.165, 1.54) is 4.72 Å². The van der Waals surface area contributed by atoms with Gasteiger partial charge in [0.05, 0.1) is 11.9 Å². The van der Waals surface area contributed by atoms with Gasteiger partial charge in [0.15, 0.2) is 0 Å². The van der Waals surface area contributed by atoms with Gasteiger partial charge in [-0.15, -0.1) is 0 Å². The number of carbonyl (C=O) groups is 1. The molecule has 0 aliphatic carbocycles. The highest BCUT2D eigenvalue weighted by molar-refractivity contribution is 8.82. The number of alkyl halides is 6. The highest BCUT2D eigenvalue weighted by atomic mass is 33.1. The predicted octanol–water partition coefficient (Wildman–Crippen LogP) is 3.77. The van der Waals surface area contributed by atoms with Crippen molar-refractivity contribution in [2.45, 2.75) is 11.0 Å². The van der Waals surface area contributed by atoms with Gasteiger partial charge in [0.2, 0.25) is 0 Å². The number of halogens is 6. The summed E-state index contributed by atoms with van der Waals surface area (Å²) in [5.74, 6) is 0. The van der Waals surface area contributed by atoms with Gasteiger partial charge in [-0.25, -0.2) is 0 Å². The van der Waals surface area contributed by atoms with Gasteiger partial charge in [-0.05, 0) is 0 Å². The molecule has 0 heterocycles. The first kappa shape index (κ1) is 14.1. The first-order chi connectivity index (χ1) is 6.10. The maximum atomic E-state index is 11.4. The minimum Gasteiger partial charge on any atom is -0.283 e. The second kappa shape index (κ2) is 5.26. The fourth-order valence-corrected chi connectivity index (χ4v) is 1.65. The van der Waals surface area contributed by atoms with Crippen LogP contribution in [0.2, 0.25) is 0 Å². The van der Waals surface area contributed by atoms with E-state index >= 15 is 0 Å². The van der Waals surface area contributed by atoms with Crippen molar-refractivity contribution in [2.24, 2.45) is 0 Å². The molecule has 1 amide bonds. The molecule has 1 N–H and O–H groups in total. The molecule has 0 rings (SSSR count). The second-order valence-corrected chi connectivity index (χ2v) is 4.59. The van der Waals surface area contributed by atoms with Crippen molar-refractivity contribution < 1.29 is 31.1 Å². The molecule has 0 saturated carbocycles. The Morgan fingerprint density at radius 1 is 1.00 bits per heavy atom. The van der Waals surface area contributed by atoms with Gasteiger partial charge in [-0.2, -0.15) is 26.3 Å². The summed E-state index contributed by atoms with van der Waals surface area (Å²) in [7, 11) is -1.14. The van der Waals surface area contributed by atoms with Crippen LogP contribution in [0, 0.1) is 0 Å². The normalized spacial score (nSPS) is 12.7. The first-order valence-electron chi connectivity index (χ1n) is 2.57. The molecule has 0 bridgehead atoms. The molecule has 0 aromatic carbocycles. The summed E-state index contributed by atoms with van der Waals surface area (Å²) in [5, 5.41) is -1.42. The SMILES string of the molecule is O=C(NSC(F)(F)F)SSC(F)(F)F. The lowest BCUT2D eigenvalue weighted by Gasteiger charge is -2.06. The van der Waals surface area contributed by atoms with Gasteiger partial charge >= 0.3 is 11.0 Å². The monoisotopic (exact) mass is 277 g/mol. The van der Waals surface area contributed by atoms with Gasteiger partial charge in [0.25, 0.3) is 5.24 Å². The first-order valence-corrected chi connectivity index (χ1v) is 5.54. The van der Waals surface area contributed by atoms with E-state index in [2.05, 4.69) is 0 Å². The standard InChI is InChI=1S/C3HF6NOS3/c4-2(5,6)13-10-1(11)12-14-3(7,8)9/h(H,10,11). The number of carbonyl (C=O) groups excluding carboxylic acids is 1. The Balaban J connectivity index is 3.68. The molecule has 14 heavy (non-hydrogen) atoms. The summed E-state index contributed by atoms with van der Waals surface area (Å²) in [4.78, 5) is 10.3. The van der Waals surface area contributed by atoms with E-state index in [9.17, 15) is 31.1 Å².